The third-order valence-electron chi connectivity index (χ3n) is 3.61. The van der Waals surface area contributed by atoms with Crippen molar-refractivity contribution in [1.82, 2.24) is 10.2 Å². The summed E-state index contributed by atoms with van der Waals surface area (Å²) in [6.45, 7) is 2.54. The smallest absolute Gasteiger partial charge is 0.382 e. The van der Waals surface area contributed by atoms with Gasteiger partial charge in [-0.25, -0.2) is 0 Å². The van der Waals surface area contributed by atoms with Crippen LogP contribution in [0.4, 0.5) is 13.2 Å². The molecule has 2 bridgehead atoms. The summed E-state index contributed by atoms with van der Waals surface area (Å²) in [5.41, 5.74) is 0. The van der Waals surface area contributed by atoms with E-state index in [1.54, 1.807) is 0 Å². The van der Waals surface area contributed by atoms with Gasteiger partial charge in [-0.3, -0.25) is 0 Å². The molecule has 6 heteroatoms. The minimum absolute atomic E-state index is 0.111. The van der Waals surface area contributed by atoms with Gasteiger partial charge in [0.15, 0.2) is 6.10 Å². The zero-order valence-electron chi connectivity index (χ0n) is 9.00. The SMILES string of the molecule is OC(CNC1CN2CCC1CC2)C(F)(F)F. The molecular weight excluding hydrogens is 221 g/mol. The number of piperidine rings is 3. The van der Waals surface area contributed by atoms with Gasteiger partial charge >= 0.3 is 6.18 Å². The van der Waals surface area contributed by atoms with Crippen LogP contribution in [0.2, 0.25) is 0 Å². The number of aliphatic hydroxyl groups is 1. The fraction of sp³-hybridized carbons (Fsp3) is 1.00. The van der Waals surface area contributed by atoms with E-state index < -0.39 is 18.8 Å². The lowest BCUT2D eigenvalue weighted by Gasteiger charge is -2.45. The fourth-order valence-corrected chi connectivity index (χ4v) is 2.58. The molecule has 0 aromatic rings. The highest BCUT2D eigenvalue weighted by molar-refractivity contribution is 4.91. The van der Waals surface area contributed by atoms with E-state index in [1.165, 1.54) is 0 Å². The maximum Gasteiger partial charge on any atom is 0.415 e. The normalized spacial score (nSPS) is 36.4. The molecular formula is C10H17F3N2O. The van der Waals surface area contributed by atoms with Crippen LogP contribution in [0.25, 0.3) is 0 Å². The quantitative estimate of drug-likeness (QED) is 0.755. The minimum atomic E-state index is -4.51. The molecule has 2 atom stereocenters. The van der Waals surface area contributed by atoms with Gasteiger partial charge in [0.05, 0.1) is 0 Å². The predicted molar refractivity (Wildman–Crippen MR) is 53.0 cm³/mol. The lowest BCUT2D eigenvalue weighted by molar-refractivity contribution is -0.202. The average Bonchev–Trinajstić information content (AvgIpc) is 2.26. The molecule has 3 rings (SSSR count). The monoisotopic (exact) mass is 238 g/mol. The molecule has 2 unspecified atom stereocenters. The number of hydrogen-bond donors (Lipinski definition) is 2. The van der Waals surface area contributed by atoms with Gasteiger partial charge in [0.2, 0.25) is 0 Å². The molecule has 3 saturated heterocycles. The number of hydrogen-bond acceptors (Lipinski definition) is 3. The zero-order chi connectivity index (χ0) is 11.8. The van der Waals surface area contributed by atoms with Gasteiger partial charge in [-0.15, -0.1) is 0 Å². The number of alkyl halides is 3. The van der Waals surface area contributed by atoms with Crippen LogP contribution < -0.4 is 5.32 Å². The average molecular weight is 238 g/mol. The molecule has 0 aromatic heterocycles. The first kappa shape index (κ1) is 12.1. The van der Waals surface area contributed by atoms with Crippen LogP contribution in [-0.4, -0.2) is 54.5 Å². The van der Waals surface area contributed by atoms with E-state index in [0.717, 1.165) is 32.5 Å². The topological polar surface area (TPSA) is 35.5 Å². The second kappa shape index (κ2) is 4.50. The van der Waals surface area contributed by atoms with Crippen LogP contribution in [0, 0.1) is 5.92 Å². The van der Waals surface area contributed by atoms with Crippen LogP contribution in [0.15, 0.2) is 0 Å². The van der Waals surface area contributed by atoms with Gasteiger partial charge in [-0.2, -0.15) is 13.2 Å². The fourth-order valence-electron chi connectivity index (χ4n) is 2.58. The van der Waals surface area contributed by atoms with Crippen molar-refractivity contribution < 1.29 is 18.3 Å². The molecule has 0 saturated carbocycles. The van der Waals surface area contributed by atoms with Crippen molar-refractivity contribution in [3.63, 3.8) is 0 Å². The standard InChI is InChI=1S/C10H17F3N2O/c11-10(12,13)9(16)5-14-8-6-15-3-1-7(8)2-4-15/h7-9,14,16H,1-6H2. The zero-order valence-corrected chi connectivity index (χ0v) is 9.00. The lowest BCUT2D eigenvalue weighted by atomic mass is 9.84. The predicted octanol–water partition coefficient (Wildman–Crippen LogP) is 0.593. The number of halogens is 3. The first-order valence-corrected chi connectivity index (χ1v) is 5.67. The van der Waals surface area contributed by atoms with Crippen LogP contribution in [0.3, 0.4) is 0 Å². The van der Waals surface area contributed by atoms with Crippen molar-refractivity contribution in [2.75, 3.05) is 26.2 Å². The van der Waals surface area contributed by atoms with Crippen LogP contribution in [-0.2, 0) is 0 Å². The Balaban J connectivity index is 1.78. The molecule has 0 aliphatic carbocycles. The molecule has 3 heterocycles. The van der Waals surface area contributed by atoms with E-state index in [2.05, 4.69) is 10.2 Å². The summed E-state index contributed by atoms with van der Waals surface area (Å²) in [4.78, 5) is 2.26. The van der Waals surface area contributed by atoms with Crippen molar-refractivity contribution in [1.29, 1.82) is 0 Å². The second-order valence-electron chi connectivity index (χ2n) is 4.71. The summed E-state index contributed by atoms with van der Waals surface area (Å²) in [5, 5.41) is 11.7. The first-order chi connectivity index (χ1) is 7.47. The Morgan fingerprint density at radius 3 is 2.38 bits per heavy atom. The third kappa shape index (κ3) is 2.67. The Morgan fingerprint density at radius 1 is 1.31 bits per heavy atom. The molecule has 94 valence electrons. The second-order valence-corrected chi connectivity index (χ2v) is 4.71. The first-order valence-electron chi connectivity index (χ1n) is 5.67. The van der Waals surface area contributed by atoms with Gasteiger partial charge in [0.1, 0.15) is 0 Å². The Kier molecular flexibility index (Phi) is 3.42. The minimum Gasteiger partial charge on any atom is -0.382 e. The van der Waals surface area contributed by atoms with E-state index >= 15 is 0 Å². The van der Waals surface area contributed by atoms with Crippen LogP contribution in [0.1, 0.15) is 12.8 Å². The molecule has 0 radical (unpaired) electrons. The van der Waals surface area contributed by atoms with Crippen molar-refractivity contribution in [3.05, 3.63) is 0 Å². The van der Waals surface area contributed by atoms with Crippen molar-refractivity contribution in [2.45, 2.75) is 31.2 Å². The summed E-state index contributed by atoms with van der Waals surface area (Å²) in [5.74, 6) is 0.477. The van der Waals surface area contributed by atoms with Gasteiger partial charge in [0, 0.05) is 19.1 Å². The highest BCUT2D eigenvalue weighted by Gasteiger charge is 2.40. The van der Waals surface area contributed by atoms with Gasteiger partial charge in [0.25, 0.3) is 0 Å². The number of rotatable bonds is 3. The number of aliphatic hydroxyl groups excluding tert-OH is 1. The van der Waals surface area contributed by atoms with E-state index in [4.69, 9.17) is 5.11 Å². The molecule has 16 heavy (non-hydrogen) atoms. The highest BCUT2D eigenvalue weighted by Crippen LogP contribution is 2.28. The Labute approximate surface area is 92.6 Å². The van der Waals surface area contributed by atoms with E-state index in [0.29, 0.717) is 5.92 Å². The number of nitrogens with one attached hydrogen (secondary N) is 1. The number of fused-ring (bicyclic) bond motifs is 3. The lowest BCUT2D eigenvalue weighted by Crippen LogP contribution is -2.57. The Morgan fingerprint density at radius 2 is 1.94 bits per heavy atom. The van der Waals surface area contributed by atoms with Crippen LogP contribution >= 0.6 is 0 Å². The van der Waals surface area contributed by atoms with Crippen molar-refractivity contribution >= 4 is 0 Å². The molecule has 3 nitrogen and oxygen atoms in total. The largest absolute Gasteiger partial charge is 0.415 e. The molecule has 3 aliphatic rings. The maximum atomic E-state index is 12.1. The van der Waals surface area contributed by atoms with Gasteiger partial charge in [-0.05, 0) is 31.8 Å². The van der Waals surface area contributed by atoms with E-state index in [1.807, 2.05) is 0 Å². The molecule has 3 aliphatic heterocycles. The molecule has 3 fully saturated rings. The summed E-state index contributed by atoms with van der Waals surface area (Å²) in [6.07, 6.45) is -4.65. The summed E-state index contributed by atoms with van der Waals surface area (Å²) >= 11 is 0. The highest BCUT2D eigenvalue weighted by atomic mass is 19.4. The molecule has 0 aromatic carbocycles. The number of nitrogens with zero attached hydrogens (tertiary/aromatic N) is 1. The summed E-state index contributed by atoms with van der Waals surface area (Å²) in [6, 6.07) is 0.111. The Hall–Kier alpha value is -0.330. The van der Waals surface area contributed by atoms with Crippen LogP contribution in [0.5, 0.6) is 0 Å². The van der Waals surface area contributed by atoms with Gasteiger partial charge in [-0.1, -0.05) is 0 Å². The molecule has 2 N–H and O–H groups in total. The van der Waals surface area contributed by atoms with Crippen molar-refractivity contribution in [2.24, 2.45) is 5.92 Å². The molecule has 0 spiro atoms. The maximum absolute atomic E-state index is 12.1. The van der Waals surface area contributed by atoms with E-state index in [9.17, 15) is 13.2 Å². The molecule has 0 amide bonds. The van der Waals surface area contributed by atoms with Crippen molar-refractivity contribution in [3.8, 4) is 0 Å². The third-order valence-corrected chi connectivity index (χ3v) is 3.61. The summed E-state index contributed by atoms with van der Waals surface area (Å²) in [7, 11) is 0. The summed E-state index contributed by atoms with van der Waals surface area (Å²) < 4.78 is 36.3. The Bertz CT molecular complexity index is 239. The van der Waals surface area contributed by atoms with E-state index in [-0.39, 0.29) is 6.04 Å². The van der Waals surface area contributed by atoms with Gasteiger partial charge < -0.3 is 15.3 Å².